The average molecular weight is 507 g/mol. The van der Waals surface area contributed by atoms with Gasteiger partial charge in [0.2, 0.25) is 5.72 Å². The van der Waals surface area contributed by atoms with Crippen LogP contribution in [0.3, 0.4) is 0 Å². The number of hydrogen-bond donors (Lipinski definition) is 0. The molecule has 190 valence electrons. The summed E-state index contributed by atoms with van der Waals surface area (Å²) in [7, 11) is 1.68. The Balaban J connectivity index is 1.41. The van der Waals surface area contributed by atoms with E-state index in [4.69, 9.17) is 9.47 Å². The highest BCUT2D eigenvalue weighted by Crippen LogP contribution is 2.60. The summed E-state index contributed by atoms with van der Waals surface area (Å²) in [5, 5.41) is 19.5. The number of nitrogens with zero attached hydrogens (tertiary/aromatic N) is 4. The van der Waals surface area contributed by atoms with Crippen LogP contribution in [-0.2, 0) is 17.7 Å². The van der Waals surface area contributed by atoms with Crippen LogP contribution in [0.25, 0.3) is 0 Å². The second-order valence-corrected chi connectivity index (χ2v) is 9.97. The van der Waals surface area contributed by atoms with E-state index in [0.29, 0.717) is 17.9 Å². The number of ether oxygens (including phenoxy) is 2. The molecule has 0 saturated heterocycles. The van der Waals surface area contributed by atoms with Crippen LogP contribution in [0.4, 0.5) is 22.7 Å². The number of azo groups is 1. The maximum Gasteiger partial charge on any atom is 0.269 e. The van der Waals surface area contributed by atoms with Gasteiger partial charge in [0.05, 0.1) is 35.4 Å². The number of benzene rings is 4. The molecule has 0 amide bonds. The second kappa shape index (κ2) is 8.69. The molecule has 4 aromatic rings. The molecule has 0 spiro atoms. The smallest absolute Gasteiger partial charge is 0.269 e. The van der Waals surface area contributed by atoms with E-state index in [2.05, 4.69) is 53.2 Å². The van der Waals surface area contributed by atoms with Crippen LogP contribution >= 0.6 is 0 Å². The molecule has 0 saturated carbocycles. The molecular weight excluding hydrogens is 480 g/mol. The summed E-state index contributed by atoms with van der Waals surface area (Å²) < 4.78 is 12.6. The molecule has 1 unspecified atom stereocenters. The number of methoxy groups -OCH3 is 1. The summed E-state index contributed by atoms with van der Waals surface area (Å²) in [6.07, 6.45) is 0. The Kier molecular flexibility index (Phi) is 5.41. The molecule has 0 aliphatic carbocycles. The predicted molar refractivity (Wildman–Crippen MR) is 145 cm³/mol. The minimum absolute atomic E-state index is 0.0169. The van der Waals surface area contributed by atoms with E-state index in [-0.39, 0.29) is 5.69 Å². The van der Waals surface area contributed by atoms with Crippen LogP contribution in [0, 0.1) is 10.1 Å². The van der Waals surface area contributed by atoms with Gasteiger partial charge in [-0.2, -0.15) is 10.2 Å². The SMILES string of the molecule is COc1ccc2c(c1)C(C)(C)C1(c3ccccc3)Oc3ccc(N=Nc4ccc([N+](=O)[O-])cc4)cc3CN21. The minimum Gasteiger partial charge on any atom is -0.497 e. The molecule has 0 fully saturated rings. The van der Waals surface area contributed by atoms with Crippen molar-refractivity contribution in [2.45, 2.75) is 31.5 Å². The highest BCUT2D eigenvalue weighted by molar-refractivity contribution is 5.71. The largest absolute Gasteiger partial charge is 0.497 e. The maximum absolute atomic E-state index is 10.9. The van der Waals surface area contributed by atoms with E-state index in [1.54, 1.807) is 19.2 Å². The number of anilines is 1. The van der Waals surface area contributed by atoms with Crippen LogP contribution in [-0.4, -0.2) is 12.0 Å². The number of hydrogen-bond acceptors (Lipinski definition) is 7. The number of fused-ring (bicyclic) bond motifs is 4. The molecule has 38 heavy (non-hydrogen) atoms. The molecule has 0 radical (unpaired) electrons. The Morgan fingerprint density at radius 3 is 2.34 bits per heavy atom. The first kappa shape index (κ1) is 23.7. The lowest BCUT2D eigenvalue weighted by Crippen LogP contribution is -2.58. The molecule has 8 nitrogen and oxygen atoms in total. The lowest BCUT2D eigenvalue weighted by molar-refractivity contribution is -0.384. The molecule has 2 aliphatic heterocycles. The molecule has 0 bridgehead atoms. The predicted octanol–water partition coefficient (Wildman–Crippen LogP) is 7.56. The maximum atomic E-state index is 10.9. The Labute approximate surface area is 220 Å². The van der Waals surface area contributed by atoms with E-state index in [9.17, 15) is 10.1 Å². The Morgan fingerprint density at radius 2 is 1.63 bits per heavy atom. The third-order valence-electron chi connectivity index (χ3n) is 7.53. The summed E-state index contributed by atoms with van der Waals surface area (Å²) in [4.78, 5) is 12.8. The van der Waals surface area contributed by atoms with Crippen molar-refractivity contribution in [3.05, 3.63) is 118 Å². The van der Waals surface area contributed by atoms with E-state index in [1.807, 2.05) is 42.5 Å². The van der Waals surface area contributed by atoms with E-state index in [1.165, 1.54) is 12.1 Å². The molecule has 2 heterocycles. The first-order chi connectivity index (χ1) is 18.3. The fourth-order valence-electron chi connectivity index (χ4n) is 5.62. The van der Waals surface area contributed by atoms with Crippen molar-refractivity contribution >= 4 is 22.7 Å². The summed E-state index contributed by atoms with van der Waals surface area (Å²) in [6, 6.07) is 28.3. The van der Waals surface area contributed by atoms with Gasteiger partial charge in [0.15, 0.2) is 0 Å². The van der Waals surface area contributed by atoms with Gasteiger partial charge in [-0.25, -0.2) is 0 Å². The number of nitro groups is 1. The Hall–Kier alpha value is -4.72. The fraction of sp³-hybridized carbons (Fsp3) is 0.200. The van der Waals surface area contributed by atoms with Gasteiger partial charge in [0, 0.05) is 28.9 Å². The second-order valence-electron chi connectivity index (χ2n) is 9.97. The summed E-state index contributed by atoms with van der Waals surface area (Å²) in [5.41, 5.74) is 4.41. The van der Waals surface area contributed by atoms with Gasteiger partial charge in [-0.15, -0.1) is 0 Å². The molecule has 0 aromatic heterocycles. The summed E-state index contributed by atoms with van der Waals surface area (Å²) in [5.74, 6) is 1.61. The van der Waals surface area contributed by atoms with Crippen LogP contribution in [0.5, 0.6) is 11.5 Å². The van der Waals surface area contributed by atoms with Crippen molar-refractivity contribution in [1.29, 1.82) is 0 Å². The normalized spacial score (nSPS) is 18.9. The van der Waals surface area contributed by atoms with E-state index < -0.39 is 16.1 Å². The summed E-state index contributed by atoms with van der Waals surface area (Å²) in [6.45, 7) is 5.06. The van der Waals surface area contributed by atoms with Crippen LogP contribution in [0.1, 0.15) is 30.5 Å². The van der Waals surface area contributed by atoms with Gasteiger partial charge in [-0.1, -0.05) is 30.3 Å². The third-order valence-corrected chi connectivity index (χ3v) is 7.53. The quantitative estimate of drug-likeness (QED) is 0.158. The molecule has 4 aromatic carbocycles. The molecule has 6 rings (SSSR count). The topological polar surface area (TPSA) is 89.6 Å². The number of non-ortho nitro benzene ring substituents is 1. The van der Waals surface area contributed by atoms with Crippen molar-refractivity contribution in [3.63, 3.8) is 0 Å². The Morgan fingerprint density at radius 1 is 0.921 bits per heavy atom. The van der Waals surface area contributed by atoms with Crippen molar-refractivity contribution in [1.82, 2.24) is 0 Å². The highest BCUT2D eigenvalue weighted by Gasteiger charge is 2.62. The number of nitro benzene ring substituents is 1. The van der Waals surface area contributed by atoms with Crippen LogP contribution in [0.15, 0.2) is 101 Å². The molecule has 8 heteroatoms. The third kappa shape index (κ3) is 3.52. The average Bonchev–Trinajstić information content (AvgIpc) is 3.14. The van der Waals surface area contributed by atoms with Crippen LogP contribution in [0.2, 0.25) is 0 Å². The minimum atomic E-state index is -0.752. The zero-order chi connectivity index (χ0) is 26.5. The zero-order valence-corrected chi connectivity index (χ0v) is 21.3. The van der Waals surface area contributed by atoms with E-state index >= 15 is 0 Å². The van der Waals surface area contributed by atoms with Gasteiger partial charge in [-0.05, 0) is 67.9 Å². The van der Waals surface area contributed by atoms with Gasteiger partial charge in [0.25, 0.3) is 5.69 Å². The van der Waals surface area contributed by atoms with E-state index in [0.717, 1.165) is 33.9 Å². The van der Waals surface area contributed by atoms with Crippen molar-refractivity contribution in [2.24, 2.45) is 10.2 Å². The standard InChI is InChI=1S/C30H26N4O4/c1-29(2)26-18-25(37-3)14-15-27(26)33-19-20-17-23(32-31-22-9-12-24(13-10-22)34(35)36)11-16-28(20)38-30(29,33)21-7-5-4-6-8-21/h4-18H,19H2,1-3H3. The van der Waals surface area contributed by atoms with Gasteiger partial charge < -0.3 is 14.4 Å². The first-order valence-electron chi connectivity index (χ1n) is 12.3. The van der Waals surface area contributed by atoms with Gasteiger partial charge in [0.1, 0.15) is 11.5 Å². The molecule has 2 aliphatic rings. The van der Waals surface area contributed by atoms with Crippen molar-refractivity contribution in [2.75, 3.05) is 12.0 Å². The molecule has 1 atom stereocenters. The first-order valence-corrected chi connectivity index (χ1v) is 12.3. The van der Waals surface area contributed by atoms with Gasteiger partial charge in [-0.3, -0.25) is 10.1 Å². The molecule has 0 N–H and O–H groups in total. The molecular formula is C30H26N4O4. The fourth-order valence-corrected chi connectivity index (χ4v) is 5.62. The lowest BCUT2D eigenvalue weighted by atomic mass is 9.73. The van der Waals surface area contributed by atoms with Crippen molar-refractivity contribution in [3.8, 4) is 11.5 Å². The van der Waals surface area contributed by atoms with Crippen LogP contribution < -0.4 is 14.4 Å². The Bertz CT molecular complexity index is 1570. The van der Waals surface area contributed by atoms with Gasteiger partial charge >= 0.3 is 0 Å². The van der Waals surface area contributed by atoms with Crippen molar-refractivity contribution < 1.29 is 14.4 Å². The monoisotopic (exact) mass is 506 g/mol. The number of rotatable bonds is 5. The highest BCUT2D eigenvalue weighted by atomic mass is 16.6. The zero-order valence-electron chi connectivity index (χ0n) is 21.3. The lowest BCUT2D eigenvalue weighted by Gasteiger charge is -2.50. The summed E-state index contributed by atoms with van der Waals surface area (Å²) >= 11 is 0.